The predicted octanol–water partition coefficient (Wildman–Crippen LogP) is 1.34. The van der Waals surface area contributed by atoms with Crippen LogP contribution < -0.4 is 10.1 Å². The molecule has 1 aliphatic heterocycles. The maximum absolute atomic E-state index is 10.9. The van der Waals surface area contributed by atoms with Gasteiger partial charge in [-0.05, 0) is 19.1 Å². The monoisotopic (exact) mass is 235 g/mol. The molecule has 6 nitrogen and oxygen atoms in total. The maximum Gasteiger partial charge on any atom is 0.311 e. The molecule has 0 fully saturated rings. The van der Waals surface area contributed by atoms with E-state index in [9.17, 15) is 10.1 Å². The van der Waals surface area contributed by atoms with E-state index in [2.05, 4.69) is 10.3 Å². The molecule has 0 saturated carbocycles. The van der Waals surface area contributed by atoms with Crippen molar-refractivity contribution in [2.45, 2.75) is 6.92 Å². The van der Waals surface area contributed by atoms with Gasteiger partial charge in [-0.1, -0.05) is 0 Å². The lowest BCUT2D eigenvalue weighted by molar-refractivity contribution is -0.385. The summed E-state index contributed by atoms with van der Waals surface area (Å²) >= 11 is 0. The van der Waals surface area contributed by atoms with E-state index >= 15 is 0 Å². The zero-order valence-electron chi connectivity index (χ0n) is 9.47. The van der Waals surface area contributed by atoms with Gasteiger partial charge in [0.05, 0.1) is 18.1 Å². The SMILES string of the molecule is CCOc1ccc(C2=NCCN2)cc1[N+](=O)[O-]. The molecular weight excluding hydrogens is 222 g/mol. The third-order valence-electron chi connectivity index (χ3n) is 2.40. The van der Waals surface area contributed by atoms with Crippen molar-refractivity contribution in [1.29, 1.82) is 0 Å². The molecule has 0 aliphatic carbocycles. The molecule has 1 aliphatic rings. The fraction of sp³-hybridized carbons (Fsp3) is 0.364. The van der Waals surface area contributed by atoms with Crippen molar-refractivity contribution in [3.05, 3.63) is 33.9 Å². The topological polar surface area (TPSA) is 76.8 Å². The zero-order valence-corrected chi connectivity index (χ0v) is 9.47. The third-order valence-corrected chi connectivity index (χ3v) is 2.40. The highest BCUT2D eigenvalue weighted by Crippen LogP contribution is 2.28. The van der Waals surface area contributed by atoms with Crippen molar-refractivity contribution in [3.63, 3.8) is 0 Å². The first kappa shape index (κ1) is 11.4. The van der Waals surface area contributed by atoms with Crippen LogP contribution in [0.3, 0.4) is 0 Å². The second kappa shape index (κ2) is 4.82. The van der Waals surface area contributed by atoms with Crippen LogP contribution in [0.5, 0.6) is 5.75 Å². The molecule has 0 unspecified atom stereocenters. The van der Waals surface area contributed by atoms with Gasteiger partial charge >= 0.3 is 5.69 Å². The number of nitro groups is 1. The van der Waals surface area contributed by atoms with Gasteiger partial charge in [-0.15, -0.1) is 0 Å². The number of benzene rings is 1. The van der Waals surface area contributed by atoms with Crippen LogP contribution in [0.2, 0.25) is 0 Å². The molecule has 1 heterocycles. The van der Waals surface area contributed by atoms with Crippen LogP contribution in [-0.4, -0.2) is 30.5 Å². The number of nitrogens with zero attached hydrogens (tertiary/aromatic N) is 2. The molecule has 2 rings (SSSR count). The molecule has 1 aromatic carbocycles. The summed E-state index contributed by atoms with van der Waals surface area (Å²) in [6.45, 7) is 3.67. The van der Waals surface area contributed by atoms with Crippen molar-refractivity contribution < 1.29 is 9.66 Å². The minimum absolute atomic E-state index is 0.0271. The van der Waals surface area contributed by atoms with Gasteiger partial charge in [0.2, 0.25) is 0 Å². The molecule has 0 bridgehead atoms. The molecule has 0 amide bonds. The smallest absolute Gasteiger partial charge is 0.311 e. The van der Waals surface area contributed by atoms with Crippen LogP contribution in [0.25, 0.3) is 0 Å². The lowest BCUT2D eigenvalue weighted by atomic mass is 10.1. The number of nitro benzene ring substituents is 1. The minimum Gasteiger partial charge on any atom is -0.487 e. The highest BCUT2D eigenvalue weighted by molar-refractivity contribution is 6.00. The summed E-state index contributed by atoms with van der Waals surface area (Å²) in [6.07, 6.45) is 0. The van der Waals surface area contributed by atoms with Gasteiger partial charge in [0.15, 0.2) is 5.75 Å². The number of hydrogen-bond donors (Lipinski definition) is 1. The second-order valence-corrected chi connectivity index (χ2v) is 3.53. The highest BCUT2D eigenvalue weighted by atomic mass is 16.6. The first-order valence-electron chi connectivity index (χ1n) is 5.42. The molecule has 90 valence electrons. The van der Waals surface area contributed by atoms with Gasteiger partial charge in [-0.2, -0.15) is 0 Å². The first-order valence-corrected chi connectivity index (χ1v) is 5.42. The Hall–Kier alpha value is -2.11. The molecule has 0 atom stereocenters. The van der Waals surface area contributed by atoms with Crippen LogP contribution in [-0.2, 0) is 0 Å². The Labute approximate surface area is 98.5 Å². The molecule has 1 N–H and O–H groups in total. The van der Waals surface area contributed by atoms with E-state index in [-0.39, 0.29) is 5.69 Å². The summed E-state index contributed by atoms with van der Waals surface area (Å²) in [5, 5.41) is 14.0. The van der Waals surface area contributed by atoms with Gasteiger partial charge in [0.1, 0.15) is 5.84 Å². The number of hydrogen-bond acceptors (Lipinski definition) is 5. The van der Waals surface area contributed by atoms with Gasteiger partial charge in [0, 0.05) is 18.2 Å². The number of amidine groups is 1. The van der Waals surface area contributed by atoms with Crippen molar-refractivity contribution in [3.8, 4) is 5.75 Å². The van der Waals surface area contributed by atoms with Crippen LogP contribution in [0, 0.1) is 10.1 Å². The molecular formula is C11H13N3O3. The number of ether oxygens (including phenoxy) is 1. The molecule has 1 aromatic rings. The van der Waals surface area contributed by atoms with E-state index in [4.69, 9.17) is 4.74 Å². The van der Waals surface area contributed by atoms with Crippen molar-refractivity contribution >= 4 is 11.5 Å². The quantitative estimate of drug-likeness (QED) is 0.631. The highest BCUT2D eigenvalue weighted by Gasteiger charge is 2.18. The van der Waals surface area contributed by atoms with Crippen LogP contribution in [0.15, 0.2) is 23.2 Å². The summed E-state index contributed by atoms with van der Waals surface area (Å²) in [5.74, 6) is 0.996. The standard InChI is InChI=1S/C11H13N3O3/c1-2-17-10-4-3-8(7-9(10)14(15)16)11-12-5-6-13-11/h3-4,7H,2,5-6H2,1H3,(H,12,13). The van der Waals surface area contributed by atoms with Crippen molar-refractivity contribution in [2.75, 3.05) is 19.7 Å². The molecule has 0 aromatic heterocycles. The zero-order chi connectivity index (χ0) is 12.3. The second-order valence-electron chi connectivity index (χ2n) is 3.53. The van der Waals surface area contributed by atoms with Crippen molar-refractivity contribution in [1.82, 2.24) is 5.32 Å². The normalized spacial score (nSPS) is 14.1. The van der Waals surface area contributed by atoms with E-state index in [0.717, 1.165) is 12.1 Å². The molecule has 0 radical (unpaired) electrons. The van der Waals surface area contributed by atoms with Gasteiger partial charge in [-0.25, -0.2) is 0 Å². The summed E-state index contributed by atoms with van der Waals surface area (Å²) in [4.78, 5) is 14.7. The van der Waals surface area contributed by atoms with Gasteiger partial charge < -0.3 is 10.1 Å². The number of rotatable bonds is 4. The van der Waals surface area contributed by atoms with Crippen LogP contribution >= 0.6 is 0 Å². The Balaban J connectivity index is 2.37. The Bertz CT molecular complexity index is 471. The average molecular weight is 235 g/mol. The van der Waals surface area contributed by atoms with E-state index in [1.807, 2.05) is 0 Å². The lowest BCUT2D eigenvalue weighted by Crippen LogP contribution is -2.19. The Morgan fingerprint density at radius 1 is 1.59 bits per heavy atom. The summed E-state index contributed by atoms with van der Waals surface area (Å²) in [5.41, 5.74) is 0.693. The predicted molar refractivity (Wildman–Crippen MR) is 63.7 cm³/mol. The molecule has 6 heteroatoms. The van der Waals surface area contributed by atoms with Crippen LogP contribution in [0.1, 0.15) is 12.5 Å². The Kier molecular flexibility index (Phi) is 3.22. The van der Waals surface area contributed by atoms with Gasteiger partial charge in [-0.3, -0.25) is 15.1 Å². The van der Waals surface area contributed by atoms with E-state index in [1.165, 1.54) is 6.07 Å². The van der Waals surface area contributed by atoms with Crippen molar-refractivity contribution in [2.24, 2.45) is 4.99 Å². The lowest BCUT2D eigenvalue weighted by Gasteiger charge is -2.06. The van der Waals surface area contributed by atoms with E-state index < -0.39 is 4.92 Å². The first-order chi connectivity index (χ1) is 8.22. The number of aliphatic imine (C=N–C) groups is 1. The van der Waals surface area contributed by atoms with Crippen LogP contribution in [0.4, 0.5) is 5.69 Å². The minimum atomic E-state index is -0.440. The van der Waals surface area contributed by atoms with Gasteiger partial charge in [0.25, 0.3) is 0 Å². The summed E-state index contributed by atoms with van der Waals surface area (Å²) in [7, 11) is 0. The molecule has 0 spiro atoms. The average Bonchev–Trinajstić information content (AvgIpc) is 2.83. The Morgan fingerprint density at radius 3 is 3.00 bits per heavy atom. The summed E-state index contributed by atoms with van der Waals surface area (Å²) < 4.78 is 5.21. The Morgan fingerprint density at radius 2 is 2.41 bits per heavy atom. The third kappa shape index (κ3) is 2.35. The fourth-order valence-corrected chi connectivity index (χ4v) is 1.68. The maximum atomic E-state index is 10.9. The molecule has 17 heavy (non-hydrogen) atoms. The largest absolute Gasteiger partial charge is 0.487 e. The summed E-state index contributed by atoms with van der Waals surface area (Å²) in [6, 6.07) is 4.87. The molecule has 0 saturated heterocycles. The number of nitrogens with one attached hydrogen (secondary N) is 1. The fourth-order valence-electron chi connectivity index (χ4n) is 1.68. The van der Waals surface area contributed by atoms with E-state index in [1.54, 1.807) is 19.1 Å². The van der Waals surface area contributed by atoms with E-state index in [0.29, 0.717) is 24.7 Å².